The van der Waals surface area contributed by atoms with Crippen molar-refractivity contribution in [3.05, 3.63) is 95.1 Å². The Hall–Kier alpha value is -3.01. The molecular formula is C27H30FNO2. The average Bonchev–Trinajstić information content (AvgIpc) is 2.80. The van der Waals surface area contributed by atoms with E-state index in [-0.39, 0.29) is 11.8 Å². The molecule has 0 spiro atoms. The SMILES string of the molecule is CCCCCCCc1ccc(C(=O)Oc2ccc(CCc3ccc(F)cc3)nc2)cc1. The maximum absolute atomic E-state index is 13.0. The maximum atomic E-state index is 13.0. The van der Waals surface area contributed by atoms with Crippen LogP contribution < -0.4 is 4.74 Å². The van der Waals surface area contributed by atoms with Crippen LogP contribution in [-0.4, -0.2) is 11.0 Å². The van der Waals surface area contributed by atoms with Crippen molar-refractivity contribution >= 4 is 5.97 Å². The van der Waals surface area contributed by atoms with Crippen LogP contribution in [0.15, 0.2) is 66.9 Å². The highest BCUT2D eigenvalue weighted by Gasteiger charge is 2.09. The number of aromatic nitrogens is 1. The zero-order chi connectivity index (χ0) is 21.9. The van der Waals surface area contributed by atoms with Gasteiger partial charge in [0.25, 0.3) is 0 Å². The predicted octanol–water partition coefficient (Wildman–Crippen LogP) is 6.74. The van der Waals surface area contributed by atoms with Gasteiger partial charge in [0.05, 0.1) is 11.8 Å². The molecule has 0 fully saturated rings. The smallest absolute Gasteiger partial charge is 0.343 e. The summed E-state index contributed by atoms with van der Waals surface area (Å²) in [5.41, 5.74) is 3.74. The molecule has 0 unspecified atom stereocenters. The monoisotopic (exact) mass is 419 g/mol. The molecule has 31 heavy (non-hydrogen) atoms. The van der Waals surface area contributed by atoms with E-state index in [0.29, 0.717) is 11.3 Å². The number of benzene rings is 2. The van der Waals surface area contributed by atoms with Crippen LogP contribution in [0, 0.1) is 5.82 Å². The molecule has 4 heteroatoms. The Morgan fingerprint density at radius 2 is 1.48 bits per heavy atom. The number of halogens is 1. The summed E-state index contributed by atoms with van der Waals surface area (Å²) in [4.78, 5) is 16.8. The molecule has 0 saturated heterocycles. The second kappa shape index (κ2) is 12.0. The van der Waals surface area contributed by atoms with Crippen LogP contribution in [0.3, 0.4) is 0 Å². The second-order valence-corrected chi connectivity index (χ2v) is 7.86. The third-order valence-corrected chi connectivity index (χ3v) is 5.35. The summed E-state index contributed by atoms with van der Waals surface area (Å²) < 4.78 is 18.4. The Morgan fingerprint density at radius 3 is 2.16 bits per heavy atom. The van der Waals surface area contributed by atoms with Crippen LogP contribution in [0.1, 0.15) is 66.2 Å². The van der Waals surface area contributed by atoms with Gasteiger partial charge in [0.15, 0.2) is 0 Å². The van der Waals surface area contributed by atoms with E-state index in [4.69, 9.17) is 4.74 Å². The average molecular weight is 420 g/mol. The van der Waals surface area contributed by atoms with Crippen molar-refractivity contribution in [2.45, 2.75) is 58.3 Å². The Kier molecular flexibility index (Phi) is 8.77. The number of pyridine rings is 1. The predicted molar refractivity (Wildman–Crippen MR) is 122 cm³/mol. The number of aryl methyl sites for hydroxylation is 3. The molecule has 3 nitrogen and oxygen atoms in total. The minimum Gasteiger partial charge on any atom is -0.421 e. The molecule has 162 valence electrons. The first-order valence-corrected chi connectivity index (χ1v) is 11.1. The summed E-state index contributed by atoms with van der Waals surface area (Å²) in [5.74, 6) is -0.184. The van der Waals surface area contributed by atoms with Crippen LogP contribution in [0.5, 0.6) is 5.75 Å². The van der Waals surface area contributed by atoms with Crippen molar-refractivity contribution in [3.63, 3.8) is 0 Å². The van der Waals surface area contributed by atoms with E-state index in [9.17, 15) is 9.18 Å². The topological polar surface area (TPSA) is 39.2 Å². The Bertz CT molecular complexity index is 934. The van der Waals surface area contributed by atoms with Gasteiger partial charge in [-0.25, -0.2) is 9.18 Å². The van der Waals surface area contributed by atoms with Gasteiger partial charge >= 0.3 is 5.97 Å². The fourth-order valence-electron chi connectivity index (χ4n) is 3.45. The molecule has 0 radical (unpaired) electrons. The number of nitrogens with zero attached hydrogens (tertiary/aromatic N) is 1. The standard InChI is InChI=1S/C27H30FNO2/c1-2-3-4-5-6-7-21-8-13-23(14-9-21)27(30)31-26-19-18-25(29-20-26)17-12-22-10-15-24(28)16-11-22/h8-11,13-16,18-20H,2-7,12,17H2,1H3. The highest BCUT2D eigenvalue weighted by atomic mass is 19.1. The summed E-state index contributed by atoms with van der Waals surface area (Å²) >= 11 is 0. The number of hydrogen-bond donors (Lipinski definition) is 0. The molecule has 0 N–H and O–H groups in total. The molecular weight excluding hydrogens is 389 g/mol. The summed E-state index contributed by atoms with van der Waals surface area (Å²) in [5, 5.41) is 0. The molecule has 0 aliphatic carbocycles. The minimum atomic E-state index is -0.379. The molecule has 1 aromatic heterocycles. The molecule has 0 bridgehead atoms. The first-order chi connectivity index (χ1) is 15.1. The van der Waals surface area contributed by atoms with Gasteiger partial charge in [-0.05, 0) is 73.2 Å². The lowest BCUT2D eigenvalue weighted by atomic mass is 10.0. The number of rotatable bonds is 11. The largest absolute Gasteiger partial charge is 0.421 e. The molecule has 3 aromatic rings. The van der Waals surface area contributed by atoms with E-state index in [1.165, 1.54) is 49.8 Å². The van der Waals surface area contributed by atoms with Gasteiger partial charge < -0.3 is 4.74 Å². The van der Waals surface area contributed by atoms with Crippen LogP contribution in [0.4, 0.5) is 4.39 Å². The van der Waals surface area contributed by atoms with Crippen LogP contribution in [0.2, 0.25) is 0 Å². The highest BCUT2D eigenvalue weighted by molar-refractivity contribution is 5.91. The Balaban J connectivity index is 1.45. The quantitative estimate of drug-likeness (QED) is 0.255. The van der Waals surface area contributed by atoms with E-state index in [0.717, 1.165) is 30.5 Å². The number of carbonyl (C=O) groups is 1. The van der Waals surface area contributed by atoms with Crippen molar-refractivity contribution in [1.82, 2.24) is 4.98 Å². The number of ether oxygens (including phenoxy) is 1. The first-order valence-electron chi connectivity index (χ1n) is 11.1. The van der Waals surface area contributed by atoms with Crippen molar-refractivity contribution in [2.75, 3.05) is 0 Å². The van der Waals surface area contributed by atoms with Gasteiger partial charge in [0.2, 0.25) is 0 Å². The van der Waals surface area contributed by atoms with Gasteiger partial charge in [-0.3, -0.25) is 4.98 Å². The zero-order valence-electron chi connectivity index (χ0n) is 18.1. The van der Waals surface area contributed by atoms with E-state index >= 15 is 0 Å². The zero-order valence-corrected chi connectivity index (χ0v) is 18.1. The lowest BCUT2D eigenvalue weighted by Gasteiger charge is -2.07. The van der Waals surface area contributed by atoms with Crippen LogP contribution >= 0.6 is 0 Å². The normalized spacial score (nSPS) is 10.8. The summed E-state index contributed by atoms with van der Waals surface area (Å²) in [6, 6.07) is 17.8. The molecule has 0 saturated carbocycles. The summed E-state index contributed by atoms with van der Waals surface area (Å²) in [6.07, 6.45) is 10.4. The van der Waals surface area contributed by atoms with E-state index in [2.05, 4.69) is 11.9 Å². The van der Waals surface area contributed by atoms with E-state index in [1.807, 2.05) is 30.3 Å². The van der Waals surface area contributed by atoms with Gasteiger partial charge in [0.1, 0.15) is 11.6 Å². The van der Waals surface area contributed by atoms with Gasteiger partial charge in [-0.2, -0.15) is 0 Å². The molecule has 0 amide bonds. The third-order valence-electron chi connectivity index (χ3n) is 5.35. The fraction of sp³-hybridized carbons (Fsp3) is 0.333. The molecule has 2 aromatic carbocycles. The van der Waals surface area contributed by atoms with Crippen molar-refractivity contribution in [2.24, 2.45) is 0 Å². The van der Waals surface area contributed by atoms with Crippen molar-refractivity contribution in [1.29, 1.82) is 0 Å². The van der Waals surface area contributed by atoms with E-state index < -0.39 is 0 Å². The Labute approximate surface area is 184 Å². The lowest BCUT2D eigenvalue weighted by molar-refractivity contribution is 0.0734. The van der Waals surface area contributed by atoms with Crippen LogP contribution in [-0.2, 0) is 19.3 Å². The molecule has 0 aliphatic rings. The third kappa shape index (κ3) is 7.63. The molecule has 0 aliphatic heterocycles. The van der Waals surface area contributed by atoms with Gasteiger partial charge in [-0.1, -0.05) is 56.9 Å². The number of hydrogen-bond acceptors (Lipinski definition) is 3. The summed E-state index contributed by atoms with van der Waals surface area (Å²) in [7, 11) is 0. The maximum Gasteiger partial charge on any atom is 0.343 e. The Morgan fingerprint density at radius 1 is 0.806 bits per heavy atom. The van der Waals surface area contributed by atoms with Crippen LogP contribution in [0.25, 0.3) is 0 Å². The fourth-order valence-corrected chi connectivity index (χ4v) is 3.45. The minimum absolute atomic E-state index is 0.231. The summed E-state index contributed by atoms with van der Waals surface area (Å²) in [6.45, 7) is 2.22. The molecule has 1 heterocycles. The van der Waals surface area contributed by atoms with E-state index in [1.54, 1.807) is 24.4 Å². The molecule has 0 atom stereocenters. The highest BCUT2D eigenvalue weighted by Crippen LogP contribution is 2.15. The molecule has 3 rings (SSSR count). The van der Waals surface area contributed by atoms with Gasteiger partial charge in [0, 0.05) is 5.69 Å². The second-order valence-electron chi connectivity index (χ2n) is 7.86. The number of esters is 1. The lowest BCUT2D eigenvalue weighted by Crippen LogP contribution is -2.09. The number of unbranched alkanes of at least 4 members (excludes halogenated alkanes) is 4. The number of carbonyl (C=O) groups excluding carboxylic acids is 1. The van der Waals surface area contributed by atoms with Crippen molar-refractivity contribution in [3.8, 4) is 5.75 Å². The van der Waals surface area contributed by atoms with Crippen molar-refractivity contribution < 1.29 is 13.9 Å². The first kappa shape index (κ1) is 22.7. The van der Waals surface area contributed by atoms with Gasteiger partial charge in [-0.15, -0.1) is 0 Å².